The number of phenols is 2. The zero-order valence-electron chi connectivity index (χ0n) is 11.4. The van der Waals surface area contributed by atoms with Crippen LogP contribution in [-0.4, -0.2) is 24.4 Å². The molecule has 0 atom stereocenters. The molecular formula is C15H17NO4. The number of hydrogen-bond donors (Lipinski definition) is 3. The average Bonchev–Trinajstić information content (AvgIpc) is 2.48. The lowest BCUT2D eigenvalue weighted by Gasteiger charge is -2.12. The summed E-state index contributed by atoms with van der Waals surface area (Å²) in [7, 11) is 3.17. The summed E-state index contributed by atoms with van der Waals surface area (Å²) in [6, 6.07) is 10.3. The smallest absolute Gasteiger partial charge is 0.162 e. The van der Waals surface area contributed by atoms with Gasteiger partial charge in [-0.1, -0.05) is 12.1 Å². The molecule has 2 rings (SSSR count). The number of phenolic OH excluding ortho intramolecular Hbond substituents is 2. The molecule has 0 fully saturated rings. The van der Waals surface area contributed by atoms with E-state index in [4.69, 9.17) is 9.47 Å². The van der Waals surface area contributed by atoms with Crippen LogP contribution in [0.4, 0.5) is 5.69 Å². The predicted molar refractivity (Wildman–Crippen MR) is 76.6 cm³/mol. The number of rotatable bonds is 5. The number of para-hydroxylation sites is 1. The molecule has 5 nitrogen and oxygen atoms in total. The molecule has 0 unspecified atom stereocenters. The van der Waals surface area contributed by atoms with Gasteiger partial charge in [-0.15, -0.1) is 0 Å². The van der Waals surface area contributed by atoms with Gasteiger partial charge < -0.3 is 25.0 Å². The van der Waals surface area contributed by atoms with E-state index in [1.54, 1.807) is 32.4 Å². The Morgan fingerprint density at radius 1 is 1.00 bits per heavy atom. The van der Waals surface area contributed by atoms with Gasteiger partial charge in [0.15, 0.2) is 11.5 Å². The van der Waals surface area contributed by atoms with Gasteiger partial charge in [0.25, 0.3) is 0 Å². The molecule has 2 aromatic rings. The van der Waals surface area contributed by atoms with Gasteiger partial charge in [0.1, 0.15) is 11.5 Å². The minimum absolute atomic E-state index is 0.116. The van der Waals surface area contributed by atoms with Crippen molar-refractivity contribution in [2.45, 2.75) is 6.54 Å². The molecule has 0 heterocycles. The minimum atomic E-state index is -0.132. The quantitative estimate of drug-likeness (QED) is 0.732. The largest absolute Gasteiger partial charge is 0.504 e. The molecule has 3 N–H and O–H groups in total. The first-order valence-corrected chi connectivity index (χ1v) is 6.11. The summed E-state index contributed by atoms with van der Waals surface area (Å²) in [5, 5.41) is 22.3. The molecule has 0 bridgehead atoms. The van der Waals surface area contributed by atoms with Crippen molar-refractivity contribution in [3.05, 3.63) is 42.0 Å². The van der Waals surface area contributed by atoms with Crippen molar-refractivity contribution in [2.24, 2.45) is 0 Å². The second-order valence-corrected chi connectivity index (χ2v) is 4.24. The Balaban J connectivity index is 2.16. The highest BCUT2D eigenvalue weighted by Gasteiger charge is 2.06. The van der Waals surface area contributed by atoms with Crippen LogP contribution in [0.25, 0.3) is 0 Å². The number of nitrogens with one attached hydrogen (secondary N) is 1. The molecule has 20 heavy (non-hydrogen) atoms. The monoisotopic (exact) mass is 275 g/mol. The summed E-state index contributed by atoms with van der Waals surface area (Å²) in [5.41, 5.74) is 1.40. The first kappa shape index (κ1) is 13.9. The highest BCUT2D eigenvalue weighted by atomic mass is 16.5. The zero-order valence-corrected chi connectivity index (χ0v) is 11.4. The zero-order chi connectivity index (χ0) is 14.5. The third kappa shape index (κ3) is 3.06. The molecule has 0 aliphatic carbocycles. The van der Waals surface area contributed by atoms with Crippen molar-refractivity contribution in [3.8, 4) is 23.0 Å². The van der Waals surface area contributed by atoms with Gasteiger partial charge in [0.05, 0.1) is 14.2 Å². The maximum atomic E-state index is 9.74. The van der Waals surface area contributed by atoms with Crippen LogP contribution in [-0.2, 0) is 6.54 Å². The fraction of sp³-hybridized carbons (Fsp3) is 0.200. The van der Waals surface area contributed by atoms with Crippen molar-refractivity contribution < 1.29 is 19.7 Å². The van der Waals surface area contributed by atoms with E-state index in [2.05, 4.69) is 5.32 Å². The van der Waals surface area contributed by atoms with Crippen molar-refractivity contribution in [1.82, 2.24) is 0 Å². The average molecular weight is 275 g/mol. The van der Waals surface area contributed by atoms with Crippen LogP contribution in [0.3, 0.4) is 0 Å². The Labute approximate surface area is 117 Å². The highest BCUT2D eigenvalue weighted by molar-refractivity contribution is 5.55. The van der Waals surface area contributed by atoms with Gasteiger partial charge >= 0.3 is 0 Å². The lowest BCUT2D eigenvalue weighted by Crippen LogP contribution is -2.00. The van der Waals surface area contributed by atoms with Gasteiger partial charge in [-0.2, -0.15) is 0 Å². The fourth-order valence-corrected chi connectivity index (χ4v) is 1.83. The summed E-state index contributed by atoms with van der Waals surface area (Å²) in [6.45, 7) is 0.372. The molecule has 0 radical (unpaired) electrons. The molecule has 0 amide bonds. The van der Waals surface area contributed by atoms with Gasteiger partial charge in [-0.05, 0) is 6.07 Å². The van der Waals surface area contributed by atoms with E-state index in [1.165, 1.54) is 6.07 Å². The Kier molecular flexibility index (Phi) is 4.20. The summed E-state index contributed by atoms with van der Waals surface area (Å²) < 4.78 is 10.4. The topological polar surface area (TPSA) is 71.0 Å². The predicted octanol–water partition coefficient (Wildman–Crippen LogP) is 2.73. The van der Waals surface area contributed by atoms with Crippen molar-refractivity contribution in [3.63, 3.8) is 0 Å². The molecular weight excluding hydrogens is 258 g/mol. The number of benzene rings is 2. The number of anilines is 1. The van der Waals surface area contributed by atoms with Crippen molar-refractivity contribution in [2.75, 3.05) is 19.5 Å². The van der Waals surface area contributed by atoms with E-state index in [0.717, 1.165) is 5.69 Å². The molecule has 0 saturated carbocycles. The summed E-state index contributed by atoms with van der Waals surface area (Å²) >= 11 is 0. The Morgan fingerprint density at radius 2 is 1.65 bits per heavy atom. The Hall–Kier alpha value is -2.56. The SMILES string of the molecule is COc1cc(NCc2cccc(O)c2O)cc(OC)c1. The van der Waals surface area contributed by atoms with Gasteiger partial charge in [-0.3, -0.25) is 0 Å². The lowest BCUT2D eigenvalue weighted by molar-refractivity contribution is 0.394. The first-order valence-electron chi connectivity index (χ1n) is 6.11. The maximum absolute atomic E-state index is 9.74. The van der Waals surface area contributed by atoms with Crippen LogP contribution >= 0.6 is 0 Å². The Bertz CT molecular complexity index is 576. The van der Waals surface area contributed by atoms with Gasteiger partial charge in [0, 0.05) is 36.0 Å². The normalized spacial score (nSPS) is 10.1. The van der Waals surface area contributed by atoms with Crippen molar-refractivity contribution in [1.29, 1.82) is 0 Å². The summed E-state index contributed by atoms with van der Waals surface area (Å²) in [6.07, 6.45) is 0. The van der Waals surface area contributed by atoms with E-state index < -0.39 is 0 Å². The van der Waals surface area contributed by atoms with Gasteiger partial charge in [0.2, 0.25) is 0 Å². The number of hydrogen-bond acceptors (Lipinski definition) is 5. The molecule has 0 aliphatic rings. The third-order valence-corrected chi connectivity index (χ3v) is 2.93. The molecule has 0 aliphatic heterocycles. The molecule has 0 saturated heterocycles. The van der Waals surface area contributed by atoms with E-state index in [1.807, 2.05) is 12.1 Å². The van der Waals surface area contributed by atoms with E-state index in [0.29, 0.717) is 23.6 Å². The van der Waals surface area contributed by atoms with Crippen molar-refractivity contribution >= 4 is 5.69 Å². The standard InChI is InChI=1S/C15H17NO4/c1-19-12-6-11(7-13(8-12)20-2)16-9-10-4-3-5-14(17)15(10)18/h3-8,16-18H,9H2,1-2H3. The highest BCUT2D eigenvalue weighted by Crippen LogP contribution is 2.30. The van der Waals surface area contributed by atoms with Crippen LogP contribution in [0.5, 0.6) is 23.0 Å². The first-order chi connectivity index (χ1) is 9.63. The number of aromatic hydroxyl groups is 2. The number of ether oxygens (including phenoxy) is 2. The molecule has 2 aromatic carbocycles. The molecule has 106 valence electrons. The third-order valence-electron chi connectivity index (χ3n) is 2.93. The number of methoxy groups -OCH3 is 2. The van der Waals surface area contributed by atoms with Gasteiger partial charge in [-0.25, -0.2) is 0 Å². The van der Waals surface area contributed by atoms with Crippen LogP contribution in [0.15, 0.2) is 36.4 Å². The minimum Gasteiger partial charge on any atom is -0.504 e. The van der Waals surface area contributed by atoms with Crippen LogP contribution < -0.4 is 14.8 Å². The summed E-state index contributed by atoms with van der Waals surface area (Å²) in [4.78, 5) is 0. The second kappa shape index (κ2) is 6.06. The second-order valence-electron chi connectivity index (χ2n) is 4.24. The van der Waals surface area contributed by atoms with E-state index in [-0.39, 0.29) is 11.5 Å². The molecule has 0 aromatic heterocycles. The maximum Gasteiger partial charge on any atom is 0.162 e. The molecule has 5 heteroatoms. The Morgan fingerprint density at radius 3 is 2.25 bits per heavy atom. The van der Waals surface area contributed by atoms with Crippen LogP contribution in [0.2, 0.25) is 0 Å². The lowest BCUT2D eigenvalue weighted by atomic mass is 10.2. The summed E-state index contributed by atoms with van der Waals surface area (Å²) in [5.74, 6) is 1.10. The van der Waals surface area contributed by atoms with Crippen LogP contribution in [0.1, 0.15) is 5.56 Å². The van der Waals surface area contributed by atoms with E-state index >= 15 is 0 Å². The molecule has 0 spiro atoms. The van der Waals surface area contributed by atoms with Crippen LogP contribution in [0, 0.1) is 0 Å². The fourth-order valence-electron chi connectivity index (χ4n) is 1.83. The van der Waals surface area contributed by atoms with E-state index in [9.17, 15) is 10.2 Å².